The van der Waals surface area contributed by atoms with Crippen molar-refractivity contribution in [1.29, 1.82) is 0 Å². The maximum Gasteiger partial charge on any atom is 0.410 e. The Hall–Kier alpha value is -3.01. The highest BCUT2D eigenvalue weighted by Crippen LogP contribution is 2.38. The van der Waals surface area contributed by atoms with Crippen LogP contribution in [0.2, 0.25) is 5.04 Å². The van der Waals surface area contributed by atoms with Gasteiger partial charge in [0.1, 0.15) is 21.3 Å². The zero-order chi connectivity index (χ0) is 30.1. The summed E-state index contributed by atoms with van der Waals surface area (Å²) in [5.41, 5.74) is -1.10. The van der Waals surface area contributed by atoms with Gasteiger partial charge in [-0.25, -0.2) is 22.6 Å². The number of hydrogen-bond donors (Lipinski definition) is 1. The van der Waals surface area contributed by atoms with Gasteiger partial charge in [-0.3, -0.25) is 0 Å². The van der Waals surface area contributed by atoms with Crippen molar-refractivity contribution in [1.82, 2.24) is 4.90 Å². The van der Waals surface area contributed by atoms with Crippen LogP contribution in [-0.4, -0.2) is 36.1 Å². The van der Waals surface area contributed by atoms with Crippen molar-refractivity contribution in [2.45, 2.75) is 76.5 Å². The first-order valence-electron chi connectivity index (χ1n) is 13.3. The van der Waals surface area contributed by atoms with Crippen LogP contribution < -0.4 is 15.5 Å². The van der Waals surface area contributed by atoms with Crippen molar-refractivity contribution in [3.05, 3.63) is 90.2 Å². The minimum atomic E-state index is -3.69. The van der Waals surface area contributed by atoms with Gasteiger partial charge in [-0.15, -0.1) is 0 Å². The molecule has 0 saturated carbocycles. The first kappa shape index (κ1) is 31.5. The number of carbonyl (C=O) groups excluding carboxylic acids is 1. The summed E-state index contributed by atoms with van der Waals surface area (Å²) in [7, 11) is -5.30. The molecule has 0 spiro atoms. The highest BCUT2D eigenvalue weighted by Gasteiger charge is 2.50. The summed E-state index contributed by atoms with van der Waals surface area (Å²) >= 11 is 0. The van der Waals surface area contributed by atoms with Gasteiger partial charge in [0.2, 0.25) is 0 Å². The molecule has 6 nitrogen and oxygen atoms in total. The Morgan fingerprint density at radius 3 is 1.75 bits per heavy atom. The highest BCUT2D eigenvalue weighted by atomic mass is 32.2. The smallest absolute Gasteiger partial charge is 0.410 e. The van der Waals surface area contributed by atoms with Gasteiger partial charge in [0, 0.05) is 7.05 Å². The number of amides is 1. The highest BCUT2D eigenvalue weighted by molar-refractivity contribution is 7.92. The number of benzene rings is 3. The van der Waals surface area contributed by atoms with Gasteiger partial charge < -0.3 is 9.64 Å². The molecule has 0 aromatic heterocycles. The third-order valence-electron chi connectivity index (χ3n) is 7.20. The molecule has 0 radical (unpaired) electrons. The second-order valence-corrected chi connectivity index (χ2v) is 19.0. The predicted molar refractivity (Wildman–Crippen MR) is 164 cm³/mol. The lowest BCUT2D eigenvalue weighted by Gasteiger charge is -2.40. The lowest BCUT2D eigenvalue weighted by Crippen LogP contribution is -2.63. The van der Waals surface area contributed by atoms with Crippen molar-refractivity contribution in [2.24, 2.45) is 9.17 Å². The lowest BCUT2D eigenvalue weighted by molar-refractivity contribution is 0.0103. The molecular weight excluding hydrogens is 542 g/mol. The number of ether oxygens (including phenoxy) is 1. The Balaban J connectivity index is 2.20. The summed E-state index contributed by atoms with van der Waals surface area (Å²) in [6, 6.07) is 23.9. The van der Waals surface area contributed by atoms with E-state index in [0.29, 0.717) is 5.56 Å². The summed E-state index contributed by atoms with van der Waals surface area (Å²) in [4.78, 5) is 14.0. The van der Waals surface area contributed by atoms with E-state index in [1.165, 1.54) is 17.0 Å². The van der Waals surface area contributed by atoms with E-state index in [1.807, 2.05) is 60.7 Å². The van der Waals surface area contributed by atoms with Crippen LogP contribution in [0, 0.1) is 5.82 Å². The number of nitrogens with zero attached hydrogens (tertiary/aromatic N) is 2. The molecule has 1 amide bonds. The Labute approximate surface area is 240 Å². The normalized spacial score (nSPS) is 14.3. The summed E-state index contributed by atoms with van der Waals surface area (Å²) in [5, 5.41) is 7.92. The van der Waals surface area contributed by atoms with Gasteiger partial charge in [0.25, 0.3) is 8.24 Å². The molecule has 3 aromatic rings. The summed E-state index contributed by atoms with van der Waals surface area (Å²) in [6.45, 7) is 15.1. The number of carbonyl (C=O) groups is 1. The molecule has 216 valence electrons. The molecule has 0 heterocycles. The van der Waals surface area contributed by atoms with Crippen LogP contribution in [-0.2, 0) is 20.2 Å². The summed E-state index contributed by atoms with van der Waals surface area (Å²) < 4.78 is 40.6. The Morgan fingerprint density at radius 1 is 0.875 bits per heavy atom. The van der Waals surface area contributed by atoms with Crippen LogP contribution in [0.15, 0.2) is 87.8 Å². The molecule has 40 heavy (non-hydrogen) atoms. The number of hydrogen-bond acceptors (Lipinski definition) is 4. The van der Waals surface area contributed by atoms with Gasteiger partial charge in [-0.1, -0.05) is 87.5 Å². The summed E-state index contributed by atoms with van der Waals surface area (Å²) in [6.07, 6.45) is -0.536. The van der Waals surface area contributed by atoms with Crippen LogP contribution in [0.25, 0.3) is 0 Å². The molecule has 0 aliphatic carbocycles. The monoisotopic (exact) mass is 583 g/mol. The lowest BCUT2D eigenvalue weighted by atomic mass is 9.93. The van der Waals surface area contributed by atoms with E-state index in [0.717, 1.165) is 10.4 Å². The van der Waals surface area contributed by atoms with Crippen LogP contribution in [0.3, 0.4) is 0 Å². The second kappa shape index (κ2) is 11.1. The molecule has 0 saturated heterocycles. The average molecular weight is 584 g/mol. The van der Waals surface area contributed by atoms with E-state index >= 15 is 4.39 Å². The molecule has 0 aliphatic rings. The van der Waals surface area contributed by atoms with Gasteiger partial charge in [-0.05, 0) is 67.7 Å². The molecule has 3 rings (SSSR count). The van der Waals surface area contributed by atoms with E-state index < -0.39 is 46.2 Å². The van der Waals surface area contributed by atoms with Gasteiger partial charge >= 0.3 is 6.09 Å². The summed E-state index contributed by atoms with van der Waals surface area (Å²) in [5.74, 6) is -0.739. The maximum atomic E-state index is 15.8. The molecule has 3 aromatic carbocycles. The second-order valence-electron chi connectivity index (χ2n) is 12.6. The molecule has 0 fully saturated rings. The van der Waals surface area contributed by atoms with Crippen LogP contribution in [0.4, 0.5) is 9.18 Å². The molecule has 0 aliphatic heterocycles. The van der Waals surface area contributed by atoms with Gasteiger partial charge in [-0.2, -0.15) is 0 Å². The van der Waals surface area contributed by atoms with Gasteiger partial charge in [0.05, 0.1) is 10.4 Å². The largest absolute Gasteiger partial charge is 0.444 e. The zero-order valence-electron chi connectivity index (χ0n) is 25.0. The van der Waals surface area contributed by atoms with Gasteiger partial charge in [0.15, 0.2) is 0 Å². The van der Waals surface area contributed by atoms with Crippen molar-refractivity contribution >= 4 is 34.6 Å². The van der Waals surface area contributed by atoms with Crippen molar-refractivity contribution in [2.75, 3.05) is 7.05 Å². The third-order valence-corrected chi connectivity index (χ3v) is 14.9. The number of rotatable bonds is 6. The van der Waals surface area contributed by atoms with Crippen molar-refractivity contribution < 1.29 is 18.1 Å². The molecule has 1 atom stereocenters. The molecule has 9 heteroatoms. The average Bonchev–Trinajstić information content (AvgIpc) is 2.85. The zero-order valence-corrected chi connectivity index (χ0v) is 26.8. The molecular formula is C31H42FN3O3SSi. The topological polar surface area (TPSA) is 85.0 Å². The van der Waals surface area contributed by atoms with E-state index in [1.54, 1.807) is 47.7 Å². The van der Waals surface area contributed by atoms with E-state index in [9.17, 15) is 9.00 Å². The molecule has 2 N–H and O–H groups in total. The van der Waals surface area contributed by atoms with Crippen molar-refractivity contribution in [3.63, 3.8) is 0 Å². The minimum Gasteiger partial charge on any atom is -0.444 e. The quantitative estimate of drug-likeness (QED) is 0.351. The van der Waals surface area contributed by atoms with Crippen LogP contribution in [0.5, 0.6) is 0 Å². The van der Waals surface area contributed by atoms with E-state index in [4.69, 9.17) is 13.9 Å². The first-order chi connectivity index (χ1) is 18.3. The number of halogens is 1. The minimum absolute atomic E-state index is 0.167. The van der Waals surface area contributed by atoms with Crippen LogP contribution >= 0.6 is 0 Å². The Morgan fingerprint density at radius 2 is 1.35 bits per heavy atom. The third kappa shape index (κ3) is 6.32. The standard InChI is InChI=1S/C31H42FN3O3SSi/c1-29(2,3)38-28(36)35(9)31(7,8)23-20-21-27(26(32)22-23)39(33,37)34-40(30(4,5)6,24-16-12-10-13-17-24)25-18-14-11-15-19-25/h10-22H,1-9H3,(H2,33,34,37). The fourth-order valence-corrected chi connectivity index (χ4v) is 12.7. The maximum absolute atomic E-state index is 15.8. The Bertz CT molecular complexity index is 1430. The van der Waals surface area contributed by atoms with Crippen molar-refractivity contribution in [3.8, 4) is 0 Å². The molecule has 1 unspecified atom stereocenters. The van der Waals surface area contributed by atoms with E-state index in [-0.39, 0.29) is 4.90 Å². The first-order valence-corrected chi connectivity index (χ1v) is 16.8. The van der Waals surface area contributed by atoms with E-state index in [2.05, 4.69) is 20.8 Å². The number of nitrogens with two attached hydrogens (primary N) is 1. The Kier molecular flexibility index (Phi) is 8.75. The predicted octanol–water partition coefficient (Wildman–Crippen LogP) is 6.19. The molecule has 0 bridgehead atoms. The van der Waals surface area contributed by atoms with Crippen LogP contribution in [0.1, 0.15) is 61.0 Å². The SMILES string of the molecule is CN(C(=O)OC(C)(C)C)C(C)(C)c1ccc(S(N)(=O)=N[Si](c2ccccc2)(c2ccccc2)C(C)(C)C)c(F)c1. The fraction of sp³-hybridized carbons (Fsp3) is 0.387. The fourth-order valence-electron chi connectivity index (χ4n) is 4.76.